The van der Waals surface area contributed by atoms with E-state index >= 15 is 0 Å². The van der Waals surface area contributed by atoms with Crippen LogP contribution in [-0.2, 0) is 32.0 Å². The van der Waals surface area contributed by atoms with Crippen molar-refractivity contribution in [3.8, 4) is 0 Å². The number of nitrogens with one attached hydrogen (secondary N) is 2. The van der Waals surface area contributed by atoms with Crippen molar-refractivity contribution in [2.75, 3.05) is 24.4 Å². The third kappa shape index (κ3) is 5.02. The third-order valence-electron chi connectivity index (χ3n) is 4.63. The Morgan fingerprint density at radius 1 is 1.07 bits per heavy atom. The average molecular weight is 542 g/mol. The van der Waals surface area contributed by atoms with E-state index in [1.165, 1.54) is 7.11 Å². The number of nitrogens with zero attached hydrogens (tertiary/aromatic N) is 2. The molecule has 158 valence electrons. The minimum absolute atomic E-state index is 0.127. The molecule has 4 rings (SSSR count). The molecule has 2 amide bonds. The molecule has 9 nitrogen and oxygen atoms in total. The number of aliphatic hydroxyl groups is 1. The molecule has 11 heteroatoms. The first-order chi connectivity index (χ1) is 14.3. The van der Waals surface area contributed by atoms with Crippen LogP contribution < -0.4 is 10.6 Å². The van der Waals surface area contributed by atoms with Gasteiger partial charge in [-0.05, 0) is 68.0 Å². The summed E-state index contributed by atoms with van der Waals surface area (Å²) >= 11 is 6.60. The number of rotatable bonds is 2. The van der Waals surface area contributed by atoms with Crippen LogP contribution in [0.4, 0.5) is 11.6 Å². The Bertz CT molecular complexity index is 1000. The number of esters is 1. The second-order valence-electron chi connectivity index (χ2n) is 6.66. The van der Waals surface area contributed by atoms with Crippen molar-refractivity contribution in [3.05, 3.63) is 44.6 Å². The summed E-state index contributed by atoms with van der Waals surface area (Å²) < 4.78 is 6.26. The van der Waals surface area contributed by atoms with Gasteiger partial charge >= 0.3 is 5.97 Å². The molecule has 2 aliphatic rings. The van der Waals surface area contributed by atoms with E-state index in [2.05, 4.69) is 57.2 Å². The van der Waals surface area contributed by atoms with E-state index in [4.69, 9.17) is 5.11 Å². The molecular weight excluding hydrogens is 524 g/mol. The molecule has 0 spiro atoms. The number of halogens is 2. The van der Waals surface area contributed by atoms with Crippen LogP contribution >= 0.6 is 31.9 Å². The van der Waals surface area contributed by atoms with Gasteiger partial charge in [0.05, 0.1) is 19.6 Å². The van der Waals surface area contributed by atoms with Crippen LogP contribution in [0.15, 0.2) is 33.5 Å². The van der Waals surface area contributed by atoms with Gasteiger partial charge in [0.15, 0.2) is 0 Å². The molecule has 0 fully saturated rings. The number of carbonyl (C=O) groups excluding carboxylic acids is 3. The molecule has 2 atom stereocenters. The van der Waals surface area contributed by atoms with Gasteiger partial charge in [0.2, 0.25) is 11.8 Å². The average Bonchev–Trinajstić information content (AvgIpc) is 2.73. The van der Waals surface area contributed by atoms with Crippen molar-refractivity contribution < 1.29 is 24.2 Å². The molecule has 3 N–H and O–H groups in total. The lowest BCUT2D eigenvalue weighted by atomic mass is 9.95. The zero-order chi connectivity index (χ0) is 21.8. The predicted molar refractivity (Wildman–Crippen MR) is 115 cm³/mol. The topological polar surface area (TPSA) is 131 Å². The molecule has 30 heavy (non-hydrogen) atoms. The first kappa shape index (κ1) is 22.3. The number of hydrogen-bond donors (Lipinski definition) is 3. The highest BCUT2D eigenvalue weighted by Crippen LogP contribution is 2.27. The Morgan fingerprint density at radius 3 is 2.13 bits per heavy atom. The molecule has 2 unspecified atom stereocenters. The zero-order valence-corrected chi connectivity index (χ0v) is 19.0. The van der Waals surface area contributed by atoms with Crippen LogP contribution in [0, 0.1) is 11.8 Å². The first-order valence-electron chi connectivity index (χ1n) is 8.91. The molecule has 0 radical (unpaired) electrons. The highest BCUT2D eigenvalue weighted by atomic mass is 79.9. The summed E-state index contributed by atoms with van der Waals surface area (Å²) in [7, 11) is 1.27. The molecular formula is C19H18Br2N4O5. The molecule has 4 heterocycles. The Balaban J connectivity index is 0.000000172. The number of anilines is 2. The SMILES string of the molecule is COC(=O)C1Cc2cc(Br)cnc2NC1=O.O=C1Nc2ncc(Br)cc2CC1CO. The summed E-state index contributed by atoms with van der Waals surface area (Å²) in [6.07, 6.45) is 4.10. The van der Waals surface area contributed by atoms with Crippen LogP contribution in [0.5, 0.6) is 0 Å². The monoisotopic (exact) mass is 540 g/mol. The van der Waals surface area contributed by atoms with Gasteiger partial charge in [-0.15, -0.1) is 0 Å². The van der Waals surface area contributed by atoms with Gasteiger partial charge in [0.25, 0.3) is 0 Å². The molecule has 0 bridgehead atoms. The van der Waals surface area contributed by atoms with Crippen LogP contribution in [0.2, 0.25) is 0 Å². The quantitative estimate of drug-likeness (QED) is 0.392. The number of carbonyl (C=O) groups is 3. The van der Waals surface area contributed by atoms with Gasteiger partial charge in [0.1, 0.15) is 17.6 Å². The molecule has 0 saturated carbocycles. The van der Waals surface area contributed by atoms with E-state index in [0.717, 1.165) is 20.1 Å². The van der Waals surface area contributed by atoms with Crippen molar-refractivity contribution in [1.29, 1.82) is 0 Å². The molecule has 0 saturated heterocycles. The summed E-state index contributed by atoms with van der Waals surface area (Å²) in [5.41, 5.74) is 1.78. The van der Waals surface area contributed by atoms with Crippen LogP contribution in [-0.4, -0.2) is 46.6 Å². The highest BCUT2D eigenvalue weighted by molar-refractivity contribution is 9.10. The van der Waals surface area contributed by atoms with Gasteiger partial charge < -0.3 is 20.5 Å². The summed E-state index contributed by atoms with van der Waals surface area (Å²) in [6, 6.07) is 3.74. The van der Waals surface area contributed by atoms with Crippen molar-refractivity contribution in [1.82, 2.24) is 9.97 Å². The maximum absolute atomic E-state index is 11.6. The lowest BCUT2D eigenvalue weighted by Crippen LogP contribution is -2.36. The molecule has 2 aliphatic heterocycles. The first-order valence-corrected chi connectivity index (χ1v) is 10.5. The van der Waals surface area contributed by atoms with E-state index in [0.29, 0.717) is 24.5 Å². The van der Waals surface area contributed by atoms with Gasteiger partial charge in [0, 0.05) is 21.3 Å². The smallest absolute Gasteiger partial charge is 0.318 e. The fourth-order valence-electron chi connectivity index (χ4n) is 3.07. The van der Waals surface area contributed by atoms with Gasteiger partial charge in [-0.1, -0.05) is 0 Å². The minimum atomic E-state index is -0.784. The molecule has 0 aliphatic carbocycles. The lowest BCUT2D eigenvalue weighted by molar-refractivity contribution is -0.148. The van der Waals surface area contributed by atoms with E-state index < -0.39 is 11.9 Å². The largest absolute Gasteiger partial charge is 0.468 e. The van der Waals surface area contributed by atoms with Crippen LogP contribution in [0.25, 0.3) is 0 Å². The number of pyridine rings is 2. The van der Waals surface area contributed by atoms with Gasteiger partial charge in [-0.2, -0.15) is 0 Å². The number of ether oxygens (including phenoxy) is 1. The number of hydrogen-bond acceptors (Lipinski definition) is 7. The fraction of sp³-hybridized carbons (Fsp3) is 0.316. The fourth-order valence-corrected chi connectivity index (χ4v) is 3.83. The number of amides is 2. The summed E-state index contributed by atoms with van der Waals surface area (Å²) in [6.45, 7) is -0.127. The normalized spacial score (nSPS) is 19.3. The maximum atomic E-state index is 11.6. The number of methoxy groups -OCH3 is 1. The predicted octanol–water partition coefficient (Wildman–Crippen LogP) is 2.08. The Kier molecular flexibility index (Phi) is 7.16. The zero-order valence-electron chi connectivity index (χ0n) is 15.8. The van der Waals surface area contributed by atoms with E-state index in [9.17, 15) is 14.4 Å². The Labute approximate surface area is 188 Å². The summed E-state index contributed by atoms with van der Waals surface area (Å²) in [4.78, 5) is 42.4. The molecule has 2 aromatic rings. The summed E-state index contributed by atoms with van der Waals surface area (Å²) in [5.74, 6) is -1.07. The maximum Gasteiger partial charge on any atom is 0.318 e. The lowest BCUT2D eigenvalue weighted by Gasteiger charge is -2.22. The number of aliphatic hydroxyl groups excluding tert-OH is 1. The number of aromatic nitrogens is 2. The Morgan fingerprint density at radius 2 is 1.60 bits per heavy atom. The van der Waals surface area contributed by atoms with E-state index in [1.54, 1.807) is 12.4 Å². The van der Waals surface area contributed by atoms with Crippen LogP contribution in [0.3, 0.4) is 0 Å². The second kappa shape index (κ2) is 9.63. The van der Waals surface area contributed by atoms with Gasteiger partial charge in [-0.25, -0.2) is 9.97 Å². The van der Waals surface area contributed by atoms with Crippen molar-refractivity contribution in [2.45, 2.75) is 12.8 Å². The van der Waals surface area contributed by atoms with Crippen molar-refractivity contribution in [3.63, 3.8) is 0 Å². The minimum Gasteiger partial charge on any atom is -0.468 e. The second-order valence-corrected chi connectivity index (χ2v) is 8.50. The van der Waals surface area contributed by atoms with E-state index in [1.807, 2.05) is 12.1 Å². The molecule has 0 aromatic carbocycles. The van der Waals surface area contributed by atoms with Crippen LogP contribution in [0.1, 0.15) is 11.1 Å². The number of fused-ring (bicyclic) bond motifs is 2. The standard InChI is InChI=1S/C10H9BrN2O3.C9H9BrN2O2/c1-16-10(15)7-3-5-2-6(11)4-12-8(5)13-9(7)14;10-7-2-5-1-6(4-13)9(14)12-8(5)11-3-7/h2,4,7H,3H2,1H3,(H,12,13,14);2-3,6,13H,1,4H2,(H,11,12,14). The van der Waals surface area contributed by atoms with E-state index in [-0.39, 0.29) is 24.3 Å². The van der Waals surface area contributed by atoms with Crippen molar-refractivity contribution >= 4 is 61.3 Å². The Hall–Kier alpha value is -2.37. The summed E-state index contributed by atoms with van der Waals surface area (Å²) in [5, 5.41) is 14.2. The highest BCUT2D eigenvalue weighted by Gasteiger charge is 2.33. The molecule has 2 aromatic heterocycles. The van der Waals surface area contributed by atoms with Crippen molar-refractivity contribution in [2.24, 2.45) is 11.8 Å². The van der Waals surface area contributed by atoms with Gasteiger partial charge in [-0.3, -0.25) is 14.4 Å². The third-order valence-corrected chi connectivity index (χ3v) is 5.50.